The van der Waals surface area contributed by atoms with E-state index in [4.69, 9.17) is 4.74 Å². The Hall–Kier alpha value is -3.60. The highest BCUT2D eigenvalue weighted by molar-refractivity contribution is 7.89. The van der Waals surface area contributed by atoms with Crippen molar-refractivity contribution >= 4 is 32.7 Å². The maximum atomic E-state index is 13.2. The van der Waals surface area contributed by atoms with E-state index in [1.165, 1.54) is 28.6 Å². The van der Waals surface area contributed by atoms with Crippen molar-refractivity contribution < 1.29 is 22.3 Å². The van der Waals surface area contributed by atoms with Crippen LogP contribution in [0.5, 0.6) is 0 Å². The Morgan fingerprint density at radius 3 is 2.56 bits per heavy atom. The molecule has 4 aromatic rings. The van der Waals surface area contributed by atoms with Crippen molar-refractivity contribution in [1.29, 1.82) is 0 Å². The summed E-state index contributed by atoms with van der Waals surface area (Å²) in [6.07, 6.45) is 0. The van der Waals surface area contributed by atoms with E-state index in [1.54, 1.807) is 42.5 Å². The normalized spacial score (nSPS) is 14.9. The number of fused-ring (bicyclic) bond motifs is 1. The minimum absolute atomic E-state index is 0.0648. The number of halogens is 1. The van der Waals surface area contributed by atoms with E-state index in [9.17, 15) is 17.6 Å². The Balaban J connectivity index is 1.36. The van der Waals surface area contributed by atoms with Crippen LogP contribution < -0.4 is 5.32 Å². The van der Waals surface area contributed by atoms with Crippen LogP contribution in [0.1, 0.15) is 10.4 Å². The van der Waals surface area contributed by atoms with Gasteiger partial charge in [-0.25, -0.2) is 17.8 Å². The van der Waals surface area contributed by atoms with Crippen LogP contribution in [-0.4, -0.2) is 54.9 Å². The average Bonchev–Trinajstić information content (AvgIpc) is 3.28. The monoisotopic (exact) mass is 480 g/mol. The van der Waals surface area contributed by atoms with Gasteiger partial charge in [0.25, 0.3) is 5.91 Å². The maximum Gasteiger partial charge on any atom is 0.255 e. The van der Waals surface area contributed by atoms with Crippen molar-refractivity contribution in [2.24, 2.45) is 0 Å². The number of sulfonamides is 1. The number of rotatable bonds is 5. The van der Waals surface area contributed by atoms with Crippen LogP contribution in [0.25, 0.3) is 22.4 Å². The molecule has 0 radical (unpaired) electrons. The van der Waals surface area contributed by atoms with Gasteiger partial charge >= 0.3 is 0 Å². The number of benzene rings is 3. The predicted octanol–water partition coefficient (Wildman–Crippen LogP) is 3.64. The molecule has 0 aliphatic carbocycles. The molecule has 2 N–H and O–H groups in total. The molecule has 0 bridgehead atoms. The van der Waals surface area contributed by atoms with Crippen LogP contribution in [0.15, 0.2) is 71.6 Å². The number of hydrogen-bond acceptors (Lipinski definition) is 5. The fourth-order valence-corrected chi connectivity index (χ4v) is 5.22. The Bertz CT molecular complexity index is 1460. The van der Waals surface area contributed by atoms with Crippen LogP contribution >= 0.6 is 0 Å². The number of amides is 1. The van der Waals surface area contributed by atoms with Gasteiger partial charge in [-0.3, -0.25) is 4.79 Å². The third kappa shape index (κ3) is 4.43. The number of carbonyl (C=O) groups excluding carboxylic acids is 1. The maximum absolute atomic E-state index is 13.2. The number of anilines is 1. The lowest BCUT2D eigenvalue weighted by atomic mass is 10.2. The van der Waals surface area contributed by atoms with Crippen LogP contribution in [0.4, 0.5) is 10.1 Å². The lowest BCUT2D eigenvalue weighted by Gasteiger charge is -2.26. The molecule has 0 spiro atoms. The molecule has 1 saturated heterocycles. The van der Waals surface area contributed by atoms with Crippen molar-refractivity contribution in [3.8, 4) is 11.4 Å². The van der Waals surface area contributed by atoms with Gasteiger partial charge in [-0.15, -0.1) is 0 Å². The summed E-state index contributed by atoms with van der Waals surface area (Å²) < 4.78 is 45.6. The lowest BCUT2D eigenvalue weighted by Crippen LogP contribution is -2.40. The first-order valence-electron chi connectivity index (χ1n) is 10.7. The molecule has 174 valence electrons. The number of hydrogen-bond donors (Lipinski definition) is 2. The fourth-order valence-electron chi connectivity index (χ4n) is 3.77. The summed E-state index contributed by atoms with van der Waals surface area (Å²) in [6, 6.07) is 17.2. The molecule has 1 aliphatic rings. The molecule has 5 rings (SSSR count). The third-order valence-electron chi connectivity index (χ3n) is 5.56. The van der Waals surface area contributed by atoms with Crippen molar-refractivity contribution in [2.45, 2.75) is 4.90 Å². The van der Waals surface area contributed by atoms with Gasteiger partial charge in [-0.1, -0.05) is 6.07 Å². The Kier molecular flexibility index (Phi) is 5.86. The largest absolute Gasteiger partial charge is 0.379 e. The Morgan fingerprint density at radius 1 is 1.03 bits per heavy atom. The van der Waals surface area contributed by atoms with Crippen molar-refractivity contribution in [3.63, 3.8) is 0 Å². The van der Waals surface area contributed by atoms with Gasteiger partial charge in [0.15, 0.2) is 0 Å². The highest BCUT2D eigenvalue weighted by Crippen LogP contribution is 2.24. The van der Waals surface area contributed by atoms with Gasteiger partial charge < -0.3 is 15.0 Å². The second kappa shape index (κ2) is 8.98. The smallest absolute Gasteiger partial charge is 0.255 e. The third-order valence-corrected chi connectivity index (χ3v) is 7.46. The van der Waals surface area contributed by atoms with Gasteiger partial charge in [-0.05, 0) is 60.7 Å². The average molecular weight is 481 g/mol. The Labute approximate surface area is 195 Å². The number of aromatic nitrogens is 2. The van der Waals surface area contributed by atoms with Crippen LogP contribution in [0, 0.1) is 5.82 Å². The van der Waals surface area contributed by atoms with Crippen molar-refractivity contribution in [3.05, 3.63) is 78.1 Å². The number of aromatic amines is 1. The molecule has 3 aromatic carbocycles. The minimum atomic E-state index is -3.71. The van der Waals surface area contributed by atoms with Crippen molar-refractivity contribution in [1.82, 2.24) is 14.3 Å². The van der Waals surface area contributed by atoms with E-state index in [0.29, 0.717) is 35.8 Å². The summed E-state index contributed by atoms with van der Waals surface area (Å²) in [7, 11) is -3.71. The zero-order valence-corrected chi connectivity index (χ0v) is 18.8. The summed E-state index contributed by atoms with van der Waals surface area (Å²) in [5, 5.41) is 2.80. The zero-order valence-electron chi connectivity index (χ0n) is 18.0. The van der Waals surface area contributed by atoms with E-state index in [2.05, 4.69) is 15.3 Å². The Morgan fingerprint density at radius 2 is 1.79 bits per heavy atom. The number of nitrogens with one attached hydrogen (secondary N) is 2. The van der Waals surface area contributed by atoms with E-state index < -0.39 is 15.9 Å². The molecule has 1 aromatic heterocycles. The van der Waals surface area contributed by atoms with E-state index in [0.717, 1.165) is 5.56 Å². The first-order valence-corrected chi connectivity index (χ1v) is 12.1. The minimum Gasteiger partial charge on any atom is -0.379 e. The zero-order chi connectivity index (χ0) is 23.7. The first kappa shape index (κ1) is 22.2. The number of morpholine rings is 1. The quantitative estimate of drug-likeness (QED) is 0.454. The number of carbonyl (C=O) groups is 1. The fraction of sp³-hybridized carbons (Fsp3) is 0.167. The SMILES string of the molecule is O=C(Nc1ccc2nc(-c3ccc(F)cc3)[nH]c2c1)c1cccc(S(=O)(=O)N2CCOCC2)c1. The molecule has 0 unspecified atom stereocenters. The molecular weight excluding hydrogens is 459 g/mol. The standard InChI is InChI=1S/C24H21FN4O4S/c25-18-6-4-16(5-7-18)23-27-21-9-8-19(15-22(21)28-23)26-24(30)17-2-1-3-20(14-17)34(31,32)29-10-12-33-13-11-29/h1-9,14-15H,10-13H2,(H,26,30)(H,27,28). The predicted molar refractivity (Wildman–Crippen MR) is 125 cm³/mol. The molecule has 8 nitrogen and oxygen atoms in total. The van der Waals surface area contributed by atoms with E-state index in [1.807, 2.05) is 0 Å². The summed E-state index contributed by atoms with van der Waals surface area (Å²) >= 11 is 0. The first-order chi connectivity index (χ1) is 16.4. The molecule has 1 amide bonds. The lowest BCUT2D eigenvalue weighted by molar-refractivity contribution is 0.0730. The van der Waals surface area contributed by atoms with Gasteiger partial charge in [-0.2, -0.15) is 4.31 Å². The van der Waals surface area contributed by atoms with Crippen LogP contribution in [-0.2, 0) is 14.8 Å². The van der Waals surface area contributed by atoms with Crippen molar-refractivity contribution in [2.75, 3.05) is 31.6 Å². The number of ether oxygens (including phenoxy) is 1. The summed E-state index contributed by atoms with van der Waals surface area (Å²) in [6.45, 7) is 1.25. The summed E-state index contributed by atoms with van der Waals surface area (Å²) in [4.78, 5) is 20.6. The topological polar surface area (TPSA) is 104 Å². The van der Waals surface area contributed by atoms with Gasteiger partial charge in [0.2, 0.25) is 10.0 Å². The second-order valence-electron chi connectivity index (χ2n) is 7.82. The summed E-state index contributed by atoms with van der Waals surface area (Å²) in [5.74, 6) is -0.178. The molecule has 0 saturated carbocycles. The molecule has 2 heterocycles. The highest BCUT2D eigenvalue weighted by atomic mass is 32.2. The molecule has 1 aliphatic heterocycles. The molecule has 34 heavy (non-hydrogen) atoms. The van der Waals surface area contributed by atoms with Crippen LogP contribution in [0.2, 0.25) is 0 Å². The van der Waals surface area contributed by atoms with Gasteiger partial charge in [0.1, 0.15) is 11.6 Å². The number of imidazole rings is 1. The molecular formula is C24H21FN4O4S. The number of nitrogens with zero attached hydrogens (tertiary/aromatic N) is 2. The number of H-pyrrole nitrogens is 1. The molecule has 10 heteroatoms. The highest BCUT2D eigenvalue weighted by Gasteiger charge is 2.27. The molecule has 1 fully saturated rings. The van der Waals surface area contributed by atoms with Gasteiger partial charge in [0.05, 0.1) is 29.1 Å². The van der Waals surface area contributed by atoms with Crippen LogP contribution in [0.3, 0.4) is 0 Å². The van der Waals surface area contributed by atoms with Gasteiger partial charge in [0, 0.05) is 29.9 Å². The second-order valence-corrected chi connectivity index (χ2v) is 9.76. The van der Waals surface area contributed by atoms with E-state index >= 15 is 0 Å². The summed E-state index contributed by atoms with van der Waals surface area (Å²) in [5.41, 5.74) is 2.87. The molecule has 0 atom stereocenters. The van der Waals surface area contributed by atoms with E-state index in [-0.39, 0.29) is 29.4 Å².